The molecule has 5 nitrogen and oxygen atoms in total. The fraction of sp³-hybridized carbons (Fsp3) is 0.588. The summed E-state index contributed by atoms with van der Waals surface area (Å²) in [5.74, 6) is 0.0757. The zero-order valence-electron chi connectivity index (χ0n) is 13.8. The van der Waals surface area contributed by atoms with E-state index in [9.17, 15) is 4.79 Å². The molecular formula is C17H28N4O. The van der Waals surface area contributed by atoms with E-state index >= 15 is 0 Å². The monoisotopic (exact) mass is 304 g/mol. The topological polar surface area (TPSA) is 47.6 Å². The molecule has 0 atom stereocenters. The van der Waals surface area contributed by atoms with Crippen molar-refractivity contribution in [2.45, 2.75) is 13.3 Å². The maximum Gasteiger partial charge on any atom is 0.233 e. The van der Waals surface area contributed by atoms with Gasteiger partial charge in [0.2, 0.25) is 5.91 Å². The Kier molecular flexibility index (Phi) is 6.68. The molecule has 1 heterocycles. The number of rotatable bonds is 7. The highest BCUT2D eigenvalue weighted by Crippen LogP contribution is 2.17. The number of benzene rings is 1. The van der Waals surface area contributed by atoms with Gasteiger partial charge < -0.3 is 15.5 Å². The van der Waals surface area contributed by atoms with Crippen molar-refractivity contribution in [3.63, 3.8) is 0 Å². The van der Waals surface area contributed by atoms with Crippen LogP contribution in [0.3, 0.4) is 0 Å². The van der Waals surface area contributed by atoms with Crippen LogP contribution in [0.5, 0.6) is 0 Å². The van der Waals surface area contributed by atoms with E-state index in [1.807, 2.05) is 0 Å². The SMILES string of the molecule is CNCC(=O)NCCCN1CCN(c2cccc(C)c2)CC1. The van der Waals surface area contributed by atoms with Gasteiger partial charge in [0, 0.05) is 38.4 Å². The summed E-state index contributed by atoms with van der Waals surface area (Å²) < 4.78 is 0. The lowest BCUT2D eigenvalue weighted by Gasteiger charge is -2.36. The van der Waals surface area contributed by atoms with Gasteiger partial charge in [-0.3, -0.25) is 9.69 Å². The summed E-state index contributed by atoms with van der Waals surface area (Å²) in [6.07, 6.45) is 1.01. The first kappa shape index (κ1) is 16.8. The number of anilines is 1. The van der Waals surface area contributed by atoms with Crippen LogP contribution in [0.25, 0.3) is 0 Å². The highest BCUT2D eigenvalue weighted by atomic mass is 16.1. The molecule has 1 saturated heterocycles. The average Bonchev–Trinajstić information content (AvgIpc) is 2.52. The molecule has 2 N–H and O–H groups in total. The number of carbonyl (C=O) groups is 1. The molecule has 1 aromatic carbocycles. The van der Waals surface area contributed by atoms with E-state index in [0.29, 0.717) is 6.54 Å². The molecule has 1 aromatic rings. The summed E-state index contributed by atoms with van der Waals surface area (Å²) >= 11 is 0. The van der Waals surface area contributed by atoms with Gasteiger partial charge in [-0.25, -0.2) is 0 Å². The largest absolute Gasteiger partial charge is 0.369 e. The Morgan fingerprint density at radius 1 is 1.23 bits per heavy atom. The smallest absolute Gasteiger partial charge is 0.233 e. The van der Waals surface area contributed by atoms with E-state index in [0.717, 1.165) is 45.7 Å². The molecule has 0 bridgehead atoms. The fourth-order valence-corrected chi connectivity index (χ4v) is 2.81. The van der Waals surface area contributed by atoms with Crippen molar-refractivity contribution in [3.8, 4) is 0 Å². The van der Waals surface area contributed by atoms with Gasteiger partial charge in [-0.05, 0) is 44.6 Å². The van der Waals surface area contributed by atoms with Crippen LogP contribution < -0.4 is 15.5 Å². The summed E-state index contributed by atoms with van der Waals surface area (Å²) in [5.41, 5.74) is 2.65. The second-order valence-electron chi connectivity index (χ2n) is 5.90. The zero-order valence-corrected chi connectivity index (χ0v) is 13.8. The van der Waals surface area contributed by atoms with Crippen molar-refractivity contribution in [2.75, 3.05) is 57.8 Å². The van der Waals surface area contributed by atoms with Gasteiger partial charge in [0.05, 0.1) is 6.54 Å². The highest BCUT2D eigenvalue weighted by molar-refractivity contribution is 5.77. The van der Waals surface area contributed by atoms with Gasteiger partial charge in [0.15, 0.2) is 0 Å². The number of aryl methyl sites for hydroxylation is 1. The molecule has 0 aromatic heterocycles. The Bertz CT molecular complexity index is 469. The van der Waals surface area contributed by atoms with Gasteiger partial charge in [-0.2, -0.15) is 0 Å². The van der Waals surface area contributed by atoms with Crippen molar-refractivity contribution in [2.24, 2.45) is 0 Å². The number of hydrogen-bond donors (Lipinski definition) is 2. The molecule has 22 heavy (non-hydrogen) atoms. The van der Waals surface area contributed by atoms with Gasteiger partial charge in [0.1, 0.15) is 0 Å². The fourth-order valence-electron chi connectivity index (χ4n) is 2.81. The van der Waals surface area contributed by atoms with Crippen molar-refractivity contribution in [3.05, 3.63) is 29.8 Å². The van der Waals surface area contributed by atoms with Crippen LogP contribution in [0.15, 0.2) is 24.3 Å². The number of nitrogens with zero attached hydrogens (tertiary/aromatic N) is 2. The number of amides is 1. The molecule has 2 rings (SSSR count). The minimum absolute atomic E-state index is 0.0757. The number of likely N-dealkylation sites (N-methyl/N-ethyl adjacent to an activating group) is 1. The molecule has 1 fully saturated rings. The zero-order chi connectivity index (χ0) is 15.8. The van der Waals surface area contributed by atoms with E-state index in [4.69, 9.17) is 0 Å². The van der Waals surface area contributed by atoms with Crippen LogP contribution >= 0.6 is 0 Å². The first-order valence-corrected chi connectivity index (χ1v) is 8.14. The first-order valence-electron chi connectivity index (χ1n) is 8.14. The van der Waals surface area contributed by atoms with Crippen LogP contribution in [0, 0.1) is 6.92 Å². The van der Waals surface area contributed by atoms with Crippen LogP contribution in [0.4, 0.5) is 5.69 Å². The van der Waals surface area contributed by atoms with Crippen molar-refractivity contribution < 1.29 is 4.79 Å². The summed E-state index contributed by atoms with van der Waals surface area (Å²) in [7, 11) is 1.79. The number of nitrogens with one attached hydrogen (secondary N) is 2. The Morgan fingerprint density at radius 2 is 2.00 bits per heavy atom. The minimum Gasteiger partial charge on any atom is -0.369 e. The standard InChI is InChI=1S/C17H28N4O/c1-15-5-3-6-16(13-15)21-11-9-20(10-12-21)8-4-7-19-17(22)14-18-2/h3,5-6,13,18H,4,7-12,14H2,1-2H3,(H,19,22). The van der Waals surface area contributed by atoms with Crippen molar-refractivity contribution in [1.82, 2.24) is 15.5 Å². The Labute approximate surface area is 133 Å². The quantitative estimate of drug-likeness (QED) is 0.733. The lowest BCUT2D eigenvalue weighted by atomic mass is 10.2. The van der Waals surface area contributed by atoms with Crippen molar-refractivity contribution in [1.29, 1.82) is 0 Å². The van der Waals surface area contributed by atoms with Crippen LogP contribution in [0.2, 0.25) is 0 Å². The average molecular weight is 304 g/mol. The number of piperazine rings is 1. The van der Waals surface area contributed by atoms with Crippen LogP contribution in [-0.4, -0.2) is 63.7 Å². The molecule has 0 radical (unpaired) electrons. The Morgan fingerprint density at radius 3 is 2.68 bits per heavy atom. The van der Waals surface area contributed by atoms with Gasteiger partial charge in [-0.1, -0.05) is 12.1 Å². The molecule has 1 amide bonds. The molecule has 1 aliphatic rings. The molecule has 0 unspecified atom stereocenters. The van der Waals surface area contributed by atoms with E-state index in [-0.39, 0.29) is 5.91 Å². The summed E-state index contributed by atoms with van der Waals surface area (Å²) in [6, 6.07) is 8.72. The molecular weight excluding hydrogens is 276 g/mol. The normalized spacial score (nSPS) is 15.8. The lowest BCUT2D eigenvalue weighted by molar-refractivity contribution is -0.120. The summed E-state index contributed by atoms with van der Waals surface area (Å²) in [4.78, 5) is 16.3. The van der Waals surface area contributed by atoms with Gasteiger partial charge >= 0.3 is 0 Å². The minimum atomic E-state index is 0.0757. The third-order valence-corrected chi connectivity index (χ3v) is 4.05. The molecule has 122 valence electrons. The Hall–Kier alpha value is -1.59. The molecule has 0 spiro atoms. The van der Waals surface area contributed by atoms with E-state index in [1.165, 1.54) is 11.3 Å². The molecule has 0 aliphatic carbocycles. The third kappa shape index (κ3) is 5.31. The number of carbonyl (C=O) groups excluding carboxylic acids is 1. The maximum absolute atomic E-state index is 11.3. The third-order valence-electron chi connectivity index (χ3n) is 4.05. The summed E-state index contributed by atoms with van der Waals surface area (Å²) in [6.45, 7) is 8.71. The van der Waals surface area contributed by atoms with E-state index < -0.39 is 0 Å². The van der Waals surface area contributed by atoms with E-state index in [2.05, 4.69) is 51.6 Å². The van der Waals surface area contributed by atoms with Gasteiger partial charge in [-0.15, -0.1) is 0 Å². The maximum atomic E-state index is 11.3. The second-order valence-corrected chi connectivity index (χ2v) is 5.90. The van der Waals surface area contributed by atoms with Crippen LogP contribution in [0.1, 0.15) is 12.0 Å². The summed E-state index contributed by atoms with van der Waals surface area (Å²) in [5, 5.41) is 5.78. The Balaban J connectivity index is 1.64. The second kappa shape index (κ2) is 8.76. The molecule has 0 saturated carbocycles. The van der Waals surface area contributed by atoms with E-state index in [1.54, 1.807) is 7.05 Å². The highest BCUT2D eigenvalue weighted by Gasteiger charge is 2.16. The molecule has 5 heteroatoms. The molecule has 1 aliphatic heterocycles. The van der Waals surface area contributed by atoms with Gasteiger partial charge in [0.25, 0.3) is 0 Å². The lowest BCUT2D eigenvalue weighted by Crippen LogP contribution is -2.47. The predicted octanol–water partition coefficient (Wildman–Crippen LogP) is 0.843. The predicted molar refractivity (Wildman–Crippen MR) is 91.4 cm³/mol. The van der Waals surface area contributed by atoms with Crippen molar-refractivity contribution >= 4 is 11.6 Å². The number of hydrogen-bond acceptors (Lipinski definition) is 4. The van der Waals surface area contributed by atoms with Crippen LogP contribution in [-0.2, 0) is 4.79 Å². The first-order chi connectivity index (χ1) is 10.7.